The Morgan fingerprint density at radius 2 is 2.19 bits per heavy atom. The molecule has 1 aromatic heterocycles. The number of amides is 1. The Morgan fingerprint density at radius 3 is 2.96 bits per heavy atom. The number of fused-ring (bicyclic) bond motifs is 4. The lowest BCUT2D eigenvalue weighted by molar-refractivity contribution is -0.121. The maximum atomic E-state index is 12.0. The Balaban J connectivity index is 2.11. The second-order valence-electron chi connectivity index (χ2n) is 5.69. The molecule has 8 nitrogen and oxygen atoms in total. The predicted octanol–water partition coefficient (Wildman–Crippen LogP) is 1.48. The van der Waals surface area contributed by atoms with Crippen molar-refractivity contribution in [2.75, 3.05) is 20.3 Å². The third-order valence-electron chi connectivity index (χ3n) is 3.94. The van der Waals surface area contributed by atoms with E-state index in [2.05, 4.69) is 15.5 Å². The second kappa shape index (κ2) is 7.67. The molecule has 1 unspecified atom stereocenters. The first kappa shape index (κ1) is 18.1. The van der Waals surface area contributed by atoms with Crippen molar-refractivity contribution >= 4 is 23.5 Å². The maximum Gasteiger partial charge on any atom is 0.337 e. The molecule has 9 heteroatoms. The highest BCUT2D eigenvalue weighted by atomic mass is 35.5. The van der Waals surface area contributed by atoms with Crippen molar-refractivity contribution in [2.45, 2.75) is 12.5 Å². The first-order chi connectivity index (χ1) is 12.5. The van der Waals surface area contributed by atoms with Crippen LogP contribution < -0.4 is 15.8 Å². The lowest BCUT2D eigenvalue weighted by atomic mass is 10.0. The summed E-state index contributed by atoms with van der Waals surface area (Å²) in [5.41, 5.74) is 8.06. The van der Waals surface area contributed by atoms with Crippen LogP contribution in [-0.2, 0) is 9.53 Å². The molecule has 136 valence electrons. The highest BCUT2D eigenvalue weighted by Gasteiger charge is 2.20. The van der Waals surface area contributed by atoms with Gasteiger partial charge in [0, 0.05) is 23.6 Å². The summed E-state index contributed by atoms with van der Waals surface area (Å²) >= 11 is 6.10. The molecule has 2 heterocycles. The average molecular weight is 377 g/mol. The molecule has 1 aromatic carbocycles. The summed E-state index contributed by atoms with van der Waals surface area (Å²) < 4.78 is 10.5. The van der Waals surface area contributed by atoms with Gasteiger partial charge in [-0.15, -0.1) is 10.2 Å². The number of aromatic nitrogens is 2. The van der Waals surface area contributed by atoms with Crippen LogP contribution in [0.5, 0.6) is 5.75 Å². The summed E-state index contributed by atoms with van der Waals surface area (Å²) in [7, 11) is 1.30. The molecule has 2 bridgehead atoms. The highest BCUT2D eigenvalue weighted by Crippen LogP contribution is 2.33. The van der Waals surface area contributed by atoms with Gasteiger partial charge in [0.25, 0.3) is 0 Å². The number of halogens is 1. The fourth-order valence-electron chi connectivity index (χ4n) is 2.61. The van der Waals surface area contributed by atoms with Gasteiger partial charge in [-0.2, -0.15) is 0 Å². The summed E-state index contributed by atoms with van der Waals surface area (Å²) in [5, 5.41) is 10.9. The van der Waals surface area contributed by atoms with E-state index in [1.807, 2.05) is 0 Å². The standard InChI is InChI=1S/C17H17ClN4O4/c1-25-17(24)9-2-3-10-13-7-11(16(18)22-21-13)12(19)8-15(23)20-4-5-26-14(10)6-9/h2-3,6-7,12H,4-5,8,19H2,1H3,(H,20,23). The summed E-state index contributed by atoms with van der Waals surface area (Å²) in [6.45, 7) is 0.507. The third-order valence-corrected chi connectivity index (χ3v) is 4.24. The first-order valence-electron chi connectivity index (χ1n) is 7.90. The van der Waals surface area contributed by atoms with Gasteiger partial charge in [-0.05, 0) is 24.3 Å². The van der Waals surface area contributed by atoms with Gasteiger partial charge in [0.15, 0.2) is 5.15 Å². The normalized spacial score (nSPS) is 17.0. The molecule has 0 saturated heterocycles. The molecule has 0 spiro atoms. The smallest absolute Gasteiger partial charge is 0.337 e. The van der Waals surface area contributed by atoms with Crippen LogP contribution in [0.2, 0.25) is 5.15 Å². The fraction of sp³-hybridized carbons (Fsp3) is 0.294. The Bertz CT molecular complexity index is 859. The Morgan fingerprint density at radius 1 is 1.38 bits per heavy atom. The predicted molar refractivity (Wildman–Crippen MR) is 93.9 cm³/mol. The molecular formula is C17H17ClN4O4. The first-order valence-corrected chi connectivity index (χ1v) is 8.28. The van der Waals surface area contributed by atoms with Gasteiger partial charge in [-0.1, -0.05) is 11.6 Å². The van der Waals surface area contributed by atoms with E-state index < -0.39 is 12.0 Å². The zero-order chi connectivity index (χ0) is 18.7. The van der Waals surface area contributed by atoms with Gasteiger partial charge in [-0.3, -0.25) is 4.79 Å². The van der Waals surface area contributed by atoms with E-state index in [4.69, 9.17) is 26.8 Å². The highest BCUT2D eigenvalue weighted by molar-refractivity contribution is 6.30. The van der Waals surface area contributed by atoms with Crippen LogP contribution in [0.1, 0.15) is 28.4 Å². The Labute approximate surface area is 154 Å². The number of nitrogens with one attached hydrogen (secondary N) is 1. The van der Waals surface area contributed by atoms with Gasteiger partial charge < -0.3 is 20.5 Å². The van der Waals surface area contributed by atoms with Crippen LogP contribution in [0.4, 0.5) is 0 Å². The van der Waals surface area contributed by atoms with Crippen LogP contribution in [0.3, 0.4) is 0 Å². The van der Waals surface area contributed by atoms with E-state index in [9.17, 15) is 9.59 Å². The third kappa shape index (κ3) is 3.76. The van der Waals surface area contributed by atoms with Gasteiger partial charge in [0.2, 0.25) is 5.91 Å². The van der Waals surface area contributed by atoms with Crippen LogP contribution in [0, 0.1) is 0 Å². The van der Waals surface area contributed by atoms with Crippen molar-refractivity contribution in [3.63, 3.8) is 0 Å². The number of carbonyl (C=O) groups is 2. The van der Waals surface area contributed by atoms with Crippen molar-refractivity contribution < 1.29 is 19.1 Å². The molecular weight excluding hydrogens is 360 g/mol. The summed E-state index contributed by atoms with van der Waals surface area (Å²) in [4.78, 5) is 23.7. The zero-order valence-electron chi connectivity index (χ0n) is 14.0. The maximum absolute atomic E-state index is 12.0. The van der Waals surface area contributed by atoms with E-state index in [1.165, 1.54) is 7.11 Å². The molecule has 0 aliphatic carbocycles. The summed E-state index contributed by atoms with van der Waals surface area (Å²) in [6.07, 6.45) is 0.0684. The number of nitrogens with two attached hydrogens (primary N) is 1. The van der Waals surface area contributed by atoms with Crippen LogP contribution in [0.25, 0.3) is 11.3 Å². The number of carbonyl (C=O) groups excluding carboxylic acids is 2. The molecule has 3 rings (SSSR count). The minimum Gasteiger partial charge on any atom is -0.491 e. The summed E-state index contributed by atoms with van der Waals surface area (Å²) in [6, 6.07) is 5.92. The molecule has 2 aromatic rings. The molecule has 1 aliphatic rings. The topological polar surface area (TPSA) is 116 Å². The molecule has 0 fully saturated rings. The number of ether oxygens (including phenoxy) is 2. The minimum atomic E-state index is -0.616. The van der Waals surface area contributed by atoms with E-state index in [1.54, 1.807) is 24.3 Å². The number of rotatable bonds is 1. The number of hydrogen-bond donors (Lipinski definition) is 2. The lowest BCUT2D eigenvalue weighted by Gasteiger charge is -2.18. The van der Waals surface area contributed by atoms with Crippen LogP contribution in [0.15, 0.2) is 24.3 Å². The quantitative estimate of drug-likeness (QED) is 0.724. The molecule has 1 amide bonds. The Kier molecular flexibility index (Phi) is 5.34. The number of esters is 1. The minimum absolute atomic E-state index is 0.0684. The number of benzene rings is 1. The molecule has 1 atom stereocenters. The second-order valence-corrected chi connectivity index (χ2v) is 6.05. The van der Waals surface area contributed by atoms with Gasteiger partial charge in [-0.25, -0.2) is 4.79 Å². The largest absolute Gasteiger partial charge is 0.491 e. The number of nitrogens with zero attached hydrogens (tertiary/aromatic N) is 2. The van der Waals surface area contributed by atoms with Crippen LogP contribution in [-0.4, -0.2) is 42.3 Å². The lowest BCUT2D eigenvalue weighted by Crippen LogP contribution is -2.31. The van der Waals surface area contributed by atoms with E-state index in [-0.39, 0.29) is 24.1 Å². The van der Waals surface area contributed by atoms with Crippen molar-refractivity contribution in [1.82, 2.24) is 15.5 Å². The molecule has 3 N–H and O–H groups in total. The fourth-order valence-corrected chi connectivity index (χ4v) is 2.85. The Hall–Kier alpha value is -2.71. The van der Waals surface area contributed by atoms with Gasteiger partial charge in [0.1, 0.15) is 12.4 Å². The molecule has 0 saturated carbocycles. The monoisotopic (exact) mass is 376 g/mol. The average Bonchev–Trinajstić information content (AvgIpc) is 2.64. The van der Waals surface area contributed by atoms with Gasteiger partial charge >= 0.3 is 5.97 Å². The van der Waals surface area contributed by atoms with E-state index in [0.29, 0.717) is 34.7 Å². The number of methoxy groups -OCH3 is 1. The SMILES string of the molecule is COC(=O)c1ccc2c(c1)OCCNC(=O)CC(N)c1cc-2nnc1Cl. The van der Waals surface area contributed by atoms with Crippen molar-refractivity contribution in [3.05, 3.63) is 40.5 Å². The van der Waals surface area contributed by atoms with Crippen LogP contribution >= 0.6 is 11.6 Å². The number of hydrogen-bond acceptors (Lipinski definition) is 7. The molecule has 0 radical (unpaired) electrons. The van der Waals surface area contributed by atoms with E-state index in [0.717, 1.165) is 0 Å². The summed E-state index contributed by atoms with van der Waals surface area (Å²) in [5.74, 6) is -0.292. The van der Waals surface area contributed by atoms with Crippen molar-refractivity contribution in [1.29, 1.82) is 0 Å². The zero-order valence-corrected chi connectivity index (χ0v) is 14.7. The van der Waals surface area contributed by atoms with Gasteiger partial charge in [0.05, 0.1) is 24.9 Å². The van der Waals surface area contributed by atoms with Crippen molar-refractivity contribution in [2.24, 2.45) is 5.73 Å². The van der Waals surface area contributed by atoms with Crippen molar-refractivity contribution in [3.8, 4) is 17.0 Å². The van der Waals surface area contributed by atoms with E-state index >= 15 is 0 Å². The molecule has 26 heavy (non-hydrogen) atoms. The molecule has 1 aliphatic heterocycles.